The lowest BCUT2D eigenvalue weighted by atomic mass is 9.95. The minimum Gasteiger partial charge on any atom is -0.496 e. The number of aromatic amines is 1. The van der Waals surface area contributed by atoms with Crippen LogP contribution in [0.15, 0.2) is 70.4 Å². The Morgan fingerprint density at radius 1 is 1.00 bits per heavy atom. The lowest BCUT2D eigenvalue weighted by Gasteiger charge is -2.17. The molecule has 4 rings (SSSR count). The standard InChI is InChI=1S/C22H15ClFNO5S/c1-30-18-11-13(12-3-2-4-14(23)9-12)10-16(24)22(18)21-15-5-8-20(26)25-17(15)6-7-19(21)31(27,28)29/h2-11H,1H3,(H,25,26)(H,27,28,29). The Balaban J connectivity index is 2.09. The number of ether oxygens (including phenoxy) is 1. The lowest BCUT2D eigenvalue weighted by molar-refractivity contribution is 0.413. The van der Waals surface area contributed by atoms with Crippen LogP contribution in [0.1, 0.15) is 0 Å². The van der Waals surface area contributed by atoms with E-state index in [1.54, 1.807) is 30.3 Å². The summed E-state index contributed by atoms with van der Waals surface area (Å²) in [5, 5.41) is 0.690. The van der Waals surface area contributed by atoms with E-state index in [0.717, 1.165) is 6.07 Å². The van der Waals surface area contributed by atoms with Crippen molar-refractivity contribution in [1.82, 2.24) is 4.98 Å². The molecule has 3 aromatic carbocycles. The molecule has 9 heteroatoms. The topological polar surface area (TPSA) is 96.5 Å². The van der Waals surface area contributed by atoms with E-state index in [4.69, 9.17) is 16.3 Å². The van der Waals surface area contributed by atoms with Crippen LogP contribution in [0.2, 0.25) is 5.02 Å². The van der Waals surface area contributed by atoms with Crippen LogP contribution in [0.3, 0.4) is 0 Å². The first-order valence-corrected chi connectivity index (χ1v) is 10.8. The van der Waals surface area contributed by atoms with Gasteiger partial charge in [0.15, 0.2) is 0 Å². The molecule has 0 unspecified atom stereocenters. The van der Waals surface area contributed by atoms with Crippen LogP contribution >= 0.6 is 11.6 Å². The molecule has 0 saturated carbocycles. The molecule has 2 N–H and O–H groups in total. The Hall–Kier alpha value is -3.20. The van der Waals surface area contributed by atoms with E-state index < -0.39 is 26.4 Å². The summed E-state index contributed by atoms with van der Waals surface area (Å²) in [5.41, 5.74) is 0.662. The predicted molar refractivity (Wildman–Crippen MR) is 117 cm³/mol. The van der Waals surface area contributed by atoms with Gasteiger partial charge in [-0.15, -0.1) is 0 Å². The zero-order valence-electron chi connectivity index (χ0n) is 16.0. The summed E-state index contributed by atoms with van der Waals surface area (Å²) in [7, 11) is -3.40. The third kappa shape index (κ3) is 3.93. The maximum Gasteiger partial charge on any atom is 0.295 e. The van der Waals surface area contributed by atoms with Gasteiger partial charge in [-0.1, -0.05) is 23.7 Å². The van der Waals surface area contributed by atoms with Gasteiger partial charge >= 0.3 is 0 Å². The van der Waals surface area contributed by atoms with Gasteiger partial charge in [0, 0.05) is 27.6 Å². The van der Waals surface area contributed by atoms with Gasteiger partial charge in [0.05, 0.1) is 12.7 Å². The van der Waals surface area contributed by atoms with Gasteiger partial charge < -0.3 is 9.72 Å². The predicted octanol–water partition coefficient (Wildman–Crippen LogP) is 4.91. The Kier molecular flexibility index (Phi) is 5.30. The molecule has 0 aliphatic heterocycles. The van der Waals surface area contributed by atoms with Gasteiger partial charge in [0.1, 0.15) is 16.5 Å². The minimum atomic E-state index is -4.72. The molecule has 31 heavy (non-hydrogen) atoms. The molecule has 0 spiro atoms. The van der Waals surface area contributed by atoms with Crippen molar-refractivity contribution in [3.05, 3.63) is 81.9 Å². The number of methoxy groups -OCH3 is 1. The Labute approximate surface area is 181 Å². The van der Waals surface area contributed by atoms with Crippen molar-refractivity contribution >= 4 is 32.6 Å². The monoisotopic (exact) mass is 459 g/mol. The highest BCUT2D eigenvalue weighted by Gasteiger charge is 2.25. The molecule has 0 bridgehead atoms. The van der Waals surface area contributed by atoms with Crippen molar-refractivity contribution < 1.29 is 22.1 Å². The largest absolute Gasteiger partial charge is 0.496 e. The SMILES string of the molecule is COc1cc(-c2cccc(Cl)c2)cc(F)c1-c1c(S(=O)(=O)O)ccc2[nH]c(=O)ccc12. The highest BCUT2D eigenvalue weighted by atomic mass is 35.5. The molecule has 0 aliphatic rings. The number of hydrogen-bond donors (Lipinski definition) is 2. The molecular weight excluding hydrogens is 445 g/mol. The zero-order valence-corrected chi connectivity index (χ0v) is 17.6. The quantitative estimate of drug-likeness (QED) is 0.423. The van der Waals surface area contributed by atoms with Crippen molar-refractivity contribution in [3.8, 4) is 28.0 Å². The molecule has 4 aromatic rings. The van der Waals surface area contributed by atoms with E-state index in [2.05, 4.69) is 4.98 Å². The zero-order chi connectivity index (χ0) is 22.3. The molecule has 0 saturated heterocycles. The Bertz CT molecular complexity index is 1500. The minimum absolute atomic E-state index is 0.0403. The maximum absolute atomic E-state index is 15.5. The average molecular weight is 460 g/mol. The molecule has 0 aliphatic carbocycles. The highest BCUT2D eigenvalue weighted by molar-refractivity contribution is 7.86. The number of fused-ring (bicyclic) bond motifs is 1. The fourth-order valence-electron chi connectivity index (χ4n) is 3.51. The van der Waals surface area contributed by atoms with Gasteiger partial charge in [-0.3, -0.25) is 9.35 Å². The second-order valence-corrected chi connectivity index (χ2v) is 8.57. The summed E-state index contributed by atoms with van der Waals surface area (Å²) in [4.78, 5) is 13.8. The highest BCUT2D eigenvalue weighted by Crippen LogP contribution is 2.42. The van der Waals surface area contributed by atoms with Crippen molar-refractivity contribution in [2.24, 2.45) is 0 Å². The van der Waals surface area contributed by atoms with Crippen LogP contribution < -0.4 is 10.3 Å². The van der Waals surface area contributed by atoms with Crippen molar-refractivity contribution in [1.29, 1.82) is 0 Å². The third-order valence-corrected chi connectivity index (χ3v) is 5.96. The molecule has 0 amide bonds. The lowest BCUT2D eigenvalue weighted by Crippen LogP contribution is -2.07. The van der Waals surface area contributed by atoms with E-state index in [9.17, 15) is 17.8 Å². The average Bonchev–Trinajstić information content (AvgIpc) is 2.71. The number of hydrogen-bond acceptors (Lipinski definition) is 4. The van der Waals surface area contributed by atoms with Crippen molar-refractivity contribution in [3.63, 3.8) is 0 Å². The first kappa shape index (κ1) is 21.0. The van der Waals surface area contributed by atoms with Crippen LogP contribution in [0.5, 0.6) is 5.75 Å². The summed E-state index contributed by atoms with van der Waals surface area (Å²) >= 11 is 6.04. The second-order valence-electron chi connectivity index (χ2n) is 6.74. The summed E-state index contributed by atoms with van der Waals surface area (Å²) in [6.45, 7) is 0. The smallest absolute Gasteiger partial charge is 0.295 e. The van der Waals surface area contributed by atoms with E-state index >= 15 is 4.39 Å². The van der Waals surface area contributed by atoms with E-state index in [0.29, 0.717) is 16.1 Å². The van der Waals surface area contributed by atoms with Crippen molar-refractivity contribution in [2.45, 2.75) is 4.90 Å². The van der Waals surface area contributed by atoms with Crippen LogP contribution in [0, 0.1) is 5.82 Å². The van der Waals surface area contributed by atoms with Crippen LogP contribution in [-0.2, 0) is 10.1 Å². The number of rotatable bonds is 4. The second kappa shape index (κ2) is 7.81. The van der Waals surface area contributed by atoms with Gasteiger partial charge in [-0.05, 0) is 53.6 Å². The van der Waals surface area contributed by atoms with E-state index in [-0.39, 0.29) is 27.8 Å². The summed E-state index contributed by atoms with van der Waals surface area (Å²) < 4.78 is 54.8. The third-order valence-electron chi connectivity index (χ3n) is 4.83. The number of halogens is 2. The van der Waals surface area contributed by atoms with E-state index in [1.807, 2.05) is 0 Å². The molecule has 158 valence electrons. The molecule has 0 radical (unpaired) electrons. The number of H-pyrrole nitrogens is 1. The number of aromatic nitrogens is 1. The van der Waals surface area contributed by atoms with Gasteiger partial charge in [0.25, 0.3) is 10.1 Å². The van der Waals surface area contributed by atoms with Gasteiger partial charge in [0.2, 0.25) is 5.56 Å². The van der Waals surface area contributed by atoms with Crippen LogP contribution in [0.25, 0.3) is 33.2 Å². The summed E-state index contributed by atoms with van der Waals surface area (Å²) in [6.07, 6.45) is 0. The molecule has 6 nitrogen and oxygen atoms in total. The first-order chi connectivity index (χ1) is 14.7. The number of nitrogens with one attached hydrogen (secondary N) is 1. The molecular formula is C22H15ClFNO5S. The first-order valence-electron chi connectivity index (χ1n) is 8.96. The van der Waals surface area contributed by atoms with E-state index in [1.165, 1.54) is 31.4 Å². The number of benzene rings is 3. The fraction of sp³-hybridized carbons (Fsp3) is 0.0455. The van der Waals surface area contributed by atoms with Crippen LogP contribution in [-0.4, -0.2) is 25.1 Å². The fourth-order valence-corrected chi connectivity index (χ4v) is 4.41. The maximum atomic E-state index is 15.5. The molecule has 1 aromatic heterocycles. The van der Waals surface area contributed by atoms with Gasteiger partial charge in [-0.25, -0.2) is 4.39 Å². The Morgan fingerprint density at radius 3 is 2.45 bits per heavy atom. The molecule has 0 atom stereocenters. The number of pyridine rings is 1. The van der Waals surface area contributed by atoms with Crippen LogP contribution in [0.4, 0.5) is 4.39 Å². The summed E-state index contributed by atoms with van der Waals surface area (Å²) in [6, 6.07) is 14.5. The molecule has 1 heterocycles. The van der Waals surface area contributed by atoms with Gasteiger partial charge in [-0.2, -0.15) is 8.42 Å². The Morgan fingerprint density at radius 2 is 1.77 bits per heavy atom. The normalized spacial score (nSPS) is 11.6. The van der Waals surface area contributed by atoms with Crippen molar-refractivity contribution in [2.75, 3.05) is 7.11 Å². The molecule has 0 fully saturated rings. The summed E-state index contributed by atoms with van der Waals surface area (Å²) in [5.74, 6) is -0.739.